The van der Waals surface area contributed by atoms with Crippen LogP contribution in [0.5, 0.6) is 5.75 Å². The number of para-hydroxylation sites is 3. The van der Waals surface area contributed by atoms with E-state index in [1.54, 1.807) is 12.1 Å². The lowest BCUT2D eigenvalue weighted by Gasteiger charge is -2.30. The van der Waals surface area contributed by atoms with Gasteiger partial charge in [0, 0.05) is 11.3 Å². The Kier molecular flexibility index (Phi) is 2.67. The number of aromatic nitrogens is 2. The van der Waals surface area contributed by atoms with Crippen LogP contribution in [0.1, 0.15) is 11.7 Å². The molecule has 0 spiro atoms. The third-order valence-electron chi connectivity index (χ3n) is 4.50. The first kappa shape index (κ1) is 13.2. The van der Waals surface area contributed by atoms with Crippen molar-refractivity contribution >= 4 is 16.7 Å². The topological polar surface area (TPSA) is 50.1 Å². The summed E-state index contributed by atoms with van der Waals surface area (Å²) in [6.07, 6.45) is -0.116. The van der Waals surface area contributed by atoms with E-state index in [1.165, 1.54) is 0 Å². The molecule has 4 aromatic rings. The number of hydrogen-bond acceptors (Lipinski definition) is 3. The highest BCUT2D eigenvalue weighted by atomic mass is 16.3. The predicted molar refractivity (Wildman–Crippen MR) is 95.0 cm³/mol. The van der Waals surface area contributed by atoms with Crippen molar-refractivity contribution in [3.8, 4) is 17.1 Å². The summed E-state index contributed by atoms with van der Waals surface area (Å²) in [5.41, 5.74) is 5.17. The molecule has 24 heavy (non-hydrogen) atoms. The minimum atomic E-state index is -0.116. The van der Waals surface area contributed by atoms with Crippen molar-refractivity contribution in [3.63, 3.8) is 0 Å². The maximum Gasteiger partial charge on any atom is 0.145 e. The predicted octanol–water partition coefficient (Wildman–Crippen LogP) is 4.38. The summed E-state index contributed by atoms with van der Waals surface area (Å²) in [5.74, 6) is 1.21. The van der Waals surface area contributed by atoms with Crippen molar-refractivity contribution in [2.75, 3.05) is 5.32 Å². The average Bonchev–Trinajstić information content (AvgIpc) is 3.01. The van der Waals surface area contributed by atoms with Crippen LogP contribution in [-0.4, -0.2) is 14.7 Å². The molecule has 0 bridgehead atoms. The summed E-state index contributed by atoms with van der Waals surface area (Å²) in [6.45, 7) is 0. The van der Waals surface area contributed by atoms with Crippen LogP contribution in [0.15, 0.2) is 72.8 Å². The summed E-state index contributed by atoms with van der Waals surface area (Å²) in [4.78, 5) is 4.85. The van der Waals surface area contributed by atoms with Gasteiger partial charge in [-0.1, -0.05) is 36.4 Å². The van der Waals surface area contributed by atoms with Crippen LogP contribution in [0.2, 0.25) is 0 Å². The van der Waals surface area contributed by atoms with Gasteiger partial charge in [-0.3, -0.25) is 4.57 Å². The molecule has 1 aromatic heterocycles. The smallest absolute Gasteiger partial charge is 0.145 e. The lowest BCUT2D eigenvalue weighted by atomic mass is 10.1. The highest BCUT2D eigenvalue weighted by Gasteiger charge is 2.27. The molecule has 4 heteroatoms. The molecule has 3 aromatic carbocycles. The molecule has 2 N–H and O–H groups in total. The Balaban J connectivity index is 1.83. The number of fused-ring (bicyclic) bond motifs is 5. The SMILES string of the molecule is Oc1cccc([C@H]2Nc3ccccc3-c3nc4ccccc4n32)c1. The maximum absolute atomic E-state index is 9.90. The molecule has 116 valence electrons. The van der Waals surface area contributed by atoms with Crippen LogP contribution >= 0.6 is 0 Å². The fourth-order valence-corrected chi connectivity index (χ4v) is 3.44. The first-order chi connectivity index (χ1) is 11.8. The van der Waals surface area contributed by atoms with Gasteiger partial charge < -0.3 is 10.4 Å². The maximum atomic E-state index is 9.90. The van der Waals surface area contributed by atoms with Gasteiger partial charge >= 0.3 is 0 Å². The average molecular weight is 313 g/mol. The highest BCUT2D eigenvalue weighted by Crippen LogP contribution is 2.40. The van der Waals surface area contributed by atoms with E-state index >= 15 is 0 Å². The Morgan fingerprint density at radius 2 is 1.75 bits per heavy atom. The number of hydrogen-bond donors (Lipinski definition) is 2. The fourth-order valence-electron chi connectivity index (χ4n) is 3.44. The van der Waals surface area contributed by atoms with Crippen molar-refractivity contribution in [3.05, 3.63) is 78.4 Å². The molecule has 0 fully saturated rings. The largest absolute Gasteiger partial charge is 0.508 e. The highest BCUT2D eigenvalue weighted by molar-refractivity contribution is 5.86. The number of phenolic OH excluding ortho intramolecular Hbond substituents is 1. The summed E-state index contributed by atoms with van der Waals surface area (Å²) in [7, 11) is 0. The molecule has 1 aliphatic heterocycles. The number of nitrogens with one attached hydrogen (secondary N) is 1. The van der Waals surface area contributed by atoms with Gasteiger partial charge in [0.25, 0.3) is 0 Å². The lowest BCUT2D eigenvalue weighted by Crippen LogP contribution is -2.24. The molecular weight excluding hydrogens is 298 g/mol. The van der Waals surface area contributed by atoms with Crippen LogP contribution in [0.3, 0.4) is 0 Å². The Morgan fingerprint density at radius 3 is 2.67 bits per heavy atom. The standard InChI is InChI=1S/C20H15N3O/c24-14-7-5-6-13(12-14)19-21-16-9-2-1-8-15(16)20-22-17-10-3-4-11-18(17)23(19)20/h1-12,19,21,24H/t19-/m0/s1. The van der Waals surface area contributed by atoms with Gasteiger partial charge in [0.1, 0.15) is 17.7 Å². The molecule has 0 saturated carbocycles. The van der Waals surface area contributed by atoms with Crippen molar-refractivity contribution < 1.29 is 5.11 Å². The molecule has 0 unspecified atom stereocenters. The Labute approximate surface area is 139 Å². The first-order valence-corrected chi connectivity index (χ1v) is 7.93. The zero-order chi connectivity index (χ0) is 16.1. The quantitative estimate of drug-likeness (QED) is 0.548. The molecule has 0 radical (unpaired) electrons. The van der Waals surface area contributed by atoms with Crippen LogP contribution in [0, 0.1) is 0 Å². The van der Waals surface area contributed by atoms with Gasteiger partial charge in [-0.25, -0.2) is 4.98 Å². The molecule has 0 aliphatic carbocycles. The Morgan fingerprint density at radius 1 is 0.917 bits per heavy atom. The van der Waals surface area contributed by atoms with E-state index < -0.39 is 0 Å². The molecule has 0 amide bonds. The second-order valence-electron chi connectivity index (χ2n) is 5.98. The van der Waals surface area contributed by atoms with Crippen molar-refractivity contribution in [1.29, 1.82) is 0 Å². The number of imidazole rings is 1. The summed E-state index contributed by atoms with van der Waals surface area (Å²) in [6, 6.07) is 23.7. The molecule has 0 saturated heterocycles. The van der Waals surface area contributed by atoms with Gasteiger partial charge in [0.2, 0.25) is 0 Å². The van der Waals surface area contributed by atoms with Crippen LogP contribution < -0.4 is 5.32 Å². The third-order valence-corrected chi connectivity index (χ3v) is 4.50. The number of benzene rings is 3. The van der Waals surface area contributed by atoms with Gasteiger partial charge in [-0.15, -0.1) is 0 Å². The second-order valence-corrected chi connectivity index (χ2v) is 5.98. The van der Waals surface area contributed by atoms with Crippen molar-refractivity contribution in [2.45, 2.75) is 6.17 Å². The number of anilines is 1. The van der Waals surface area contributed by atoms with Crippen molar-refractivity contribution in [1.82, 2.24) is 9.55 Å². The monoisotopic (exact) mass is 313 g/mol. The van der Waals surface area contributed by atoms with Crippen LogP contribution in [0.25, 0.3) is 22.4 Å². The molecule has 1 atom stereocenters. The van der Waals surface area contributed by atoms with Gasteiger partial charge in [0.05, 0.1) is 11.0 Å². The zero-order valence-electron chi connectivity index (χ0n) is 12.8. The molecular formula is C20H15N3O. The van der Waals surface area contributed by atoms with E-state index in [9.17, 15) is 5.11 Å². The minimum Gasteiger partial charge on any atom is -0.508 e. The number of rotatable bonds is 1. The van der Waals surface area contributed by atoms with E-state index in [0.717, 1.165) is 33.7 Å². The lowest BCUT2D eigenvalue weighted by molar-refractivity contribution is 0.473. The normalized spacial score (nSPS) is 15.6. The zero-order valence-corrected chi connectivity index (χ0v) is 12.8. The Hall–Kier alpha value is -3.27. The molecule has 2 heterocycles. The molecule has 1 aliphatic rings. The fraction of sp³-hybridized carbons (Fsp3) is 0.0500. The van der Waals surface area contributed by atoms with E-state index in [-0.39, 0.29) is 11.9 Å². The van der Waals surface area contributed by atoms with Crippen LogP contribution in [-0.2, 0) is 0 Å². The van der Waals surface area contributed by atoms with Crippen molar-refractivity contribution in [2.24, 2.45) is 0 Å². The van der Waals surface area contributed by atoms with Gasteiger partial charge in [-0.2, -0.15) is 0 Å². The molecule has 5 rings (SSSR count). The minimum absolute atomic E-state index is 0.116. The summed E-state index contributed by atoms with van der Waals surface area (Å²) < 4.78 is 2.20. The van der Waals surface area contributed by atoms with E-state index in [4.69, 9.17) is 4.98 Å². The number of phenols is 1. The summed E-state index contributed by atoms with van der Waals surface area (Å²) >= 11 is 0. The Bertz CT molecular complexity index is 1070. The van der Waals surface area contributed by atoms with E-state index in [2.05, 4.69) is 28.1 Å². The number of aromatic hydroxyl groups is 1. The number of nitrogens with zero attached hydrogens (tertiary/aromatic N) is 2. The second kappa shape index (κ2) is 4.86. The van der Waals surface area contributed by atoms with E-state index in [1.807, 2.05) is 42.5 Å². The summed E-state index contributed by atoms with van der Waals surface area (Å²) in [5, 5.41) is 13.5. The van der Waals surface area contributed by atoms with Gasteiger partial charge in [0.15, 0.2) is 0 Å². The molecule has 4 nitrogen and oxygen atoms in total. The first-order valence-electron chi connectivity index (χ1n) is 7.93. The van der Waals surface area contributed by atoms with Gasteiger partial charge in [-0.05, 0) is 42.0 Å². The third kappa shape index (κ3) is 1.83. The van der Waals surface area contributed by atoms with E-state index in [0.29, 0.717) is 0 Å². The van der Waals surface area contributed by atoms with Crippen LogP contribution in [0.4, 0.5) is 5.69 Å².